The van der Waals surface area contributed by atoms with Gasteiger partial charge in [0.2, 0.25) is 6.41 Å². The van der Waals surface area contributed by atoms with E-state index in [-0.39, 0.29) is 5.91 Å². The molecule has 2 N–H and O–H groups in total. The predicted molar refractivity (Wildman–Crippen MR) is 185 cm³/mol. The maximum absolute atomic E-state index is 12.2. The first kappa shape index (κ1) is 38.1. The number of nitrogens with zero attached hydrogens (tertiary/aromatic N) is 3. The number of benzene rings is 2. The standard InChI is InChI=1S/C14H16N2OS.C13H21N3O.C7H8.C2H6/c1-10-5-4-6-12(7-10)14(17)16(3)8-13-15-11(2)9-18-13;1-11(2)13-6-12(8-16-9-13)7-14-4-3-5-15-10-17;1-7-5-3-2-4-6-7;1-2/h4-7,9H,8H2,1-3H3;6,8-11,14H,3-5,7H2,1-2H3,(H,15,17);2-6H,1H3;1-2H3. The average molecular weight is 618 g/mol. The molecular weight excluding hydrogens is 566 g/mol. The van der Waals surface area contributed by atoms with Gasteiger partial charge in [-0.3, -0.25) is 14.6 Å². The number of rotatable bonds is 11. The van der Waals surface area contributed by atoms with Crippen molar-refractivity contribution in [1.29, 1.82) is 0 Å². The van der Waals surface area contributed by atoms with Crippen molar-refractivity contribution in [2.24, 2.45) is 0 Å². The van der Waals surface area contributed by atoms with Gasteiger partial charge in [0.05, 0.1) is 6.54 Å². The molecule has 0 bridgehead atoms. The molecule has 2 aromatic carbocycles. The quantitative estimate of drug-likeness (QED) is 0.135. The lowest BCUT2D eigenvalue weighted by atomic mass is 10.0. The number of pyridine rings is 1. The average Bonchev–Trinajstić information content (AvgIpc) is 3.44. The van der Waals surface area contributed by atoms with Crippen LogP contribution < -0.4 is 10.6 Å². The molecule has 0 radical (unpaired) electrons. The molecule has 7 nitrogen and oxygen atoms in total. The Morgan fingerprint density at radius 3 is 2.23 bits per heavy atom. The van der Waals surface area contributed by atoms with Crippen LogP contribution in [0.25, 0.3) is 0 Å². The molecule has 0 saturated carbocycles. The maximum atomic E-state index is 12.2. The number of carbonyl (C=O) groups excluding carboxylic acids is 2. The van der Waals surface area contributed by atoms with Crippen molar-refractivity contribution in [2.45, 2.75) is 73.9 Å². The Bertz CT molecular complexity index is 1340. The minimum absolute atomic E-state index is 0.0338. The second-order valence-electron chi connectivity index (χ2n) is 10.5. The number of thiazole rings is 1. The molecule has 0 unspecified atom stereocenters. The van der Waals surface area contributed by atoms with Gasteiger partial charge < -0.3 is 15.5 Å². The molecule has 2 aromatic heterocycles. The van der Waals surface area contributed by atoms with E-state index in [2.05, 4.69) is 59.6 Å². The summed E-state index contributed by atoms with van der Waals surface area (Å²) < 4.78 is 0. The van der Waals surface area contributed by atoms with Gasteiger partial charge in [0, 0.05) is 49.2 Å². The Morgan fingerprint density at radius 2 is 1.66 bits per heavy atom. The molecular formula is C36H51N5O2S. The zero-order valence-electron chi connectivity index (χ0n) is 27.8. The summed E-state index contributed by atoms with van der Waals surface area (Å²) in [5.41, 5.74) is 6.63. The van der Waals surface area contributed by atoms with E-state index in [1.54, 1.807) is 23.3 Å². The van der Waals surface area contributed by atoms with Crippen LogP contribution in [0.3, 0.4) is 0 Å². The smallest absolute Gasteiger partial charge is 0.253 e. The van der Waals surface area contributed by atoms with Gasteiger partial charge in [-0.25, -0.2) is 4.98 Å². The third-order valence-corrected chi connectivity index (χ3v) is 7.11. The van der Waals surface area contributed by atoms with Crippen LogP contribution in [0.4, 0.5) is 0 Å². The highest BCUT2D eigenvalue weighted by Gasteiger charge is 2.13. The van der Waals surface area contributed by atoms with Gasteiger partial charge in [0.15, 0.2) is 0 Å². The van der Waals surface area contributed by atoms with Gasteiger partial charge >= 0.3 is 0 Å². The fourth-order valence-corrected chi connectivity index (χ4v) is 4.63. The zero-order chi connectivity index (χ0) is 32.7. The van der Waals surface area contributed by atoms with Gasteiger partial charge in [-0.2, -0.15) is 0 Å². The first-order chi connectivity index (χ1) is 21.2. The molecule has 238 valence electrons. The van der Waals surface area contributed by atoms with E-state index < -0.39 is 0 Å². The van der Waals surface area contributed by atoms with Crippen molar-refractivity contribution in [1.82, 2.24) is 25.5 Å². The lowest BCUT2D eigenvalue weighted by Gasteiger charge is -2.15. The third-order valence-electron chi connectivity index (χ3n) is 6.16. The molecule has 0 saturated heterocycles. The van der Waals surface area contributed by atoms with Crippen LogP contribution in [-0.4, -0.2) is 47.3 Å². The van der Waals surface area contributed by atoms with Gasteiger partial charge in [0.1, 0.15) is 5.01 Å². The van der Waals surface area contributed by atoms with Gasteiger partial charge in [0.25, 0.3) is 5.91 Å². The summed E-state index contributed by atoms with van der Waals surface area (Å²) in [6.07, 6.45) is 5.48. The molecule has 2 amide bonds. The normalized spacial score (nSPS) is 9.84. The predicted octanol–water partition coefficient (Wildman–Crippen LogP) is 7.48. The lowest BCUT2D eigenvalue weighted by Crippen LogP contribution is -2.26. The zero-order valence-corrected chi connectivity index (χ0v) is 28.6. The van der Waals surface area contributed by atoms with Crippen LogP contribution in [0.15, 0.2) is 78.4 Å². The van der Waals surface area contributed by atoms with E-state index in [4.69, 9.17) is 0 Å². The van der Waals surface area contributed by atoms with Crippen LogP contribution in [0, 0.1) is 20.8 Å². The molecule has 8 heteroatoms. The Balaban J connectivity index is 0.000000346. The molecule has 0 aliphatic carbocycles. The lowest BCUT2D eigenvalue weighted by molar-refractivity contribution is -0.109. The summed E-state index contributed by atoms with van der Waals surface area (Å²) in [4.78, 5) is 32.5. The Morgan fingerprint density at radius 1 is 0.955 bits per heavy atom. The highest BCUT2D eigenvalue weighted by atomic mass is 32.1. The number of hydrogen-bond acceptors (Lipinski definition) is 6. The summed E-state index contributed by atoms with van der Waals surface area (Å²) in [5, 5.41) is 8.94. The van der Waals surface area contributed by atoms with Crippen molar-refractivity contribution in [3.05, 3.63) is 117 Å². The van der Waals surface area contributed by atoms with Crippen LogP contribution in [-0.2, 0) is 17.9 Å². The van der Waals surface area contributed by atoms with Crippen molar-refractivity contribution < 1.29 is 9.59 Å². The van der Waals surface area contributed by atoms with Gasteiger partial charge in [-0.05, 0) is 62.9 Å². The van der Waals surface area contributed by atoms with Crippen molar-refractivity contribution in [3.8, 4) is 0 Å². The Kier molecular flexibility index (Phi) is 19.6. The van der Waals surface area contributed by atoms with Crippen LogP contribution in [0.1, 0.15) is 83.3 Å². The minimum atomic E-state index is 0.0338. The van der Waals surface area contributed by atoms with E-state index in [0.29, 0.717) is 12.5 Å². The fraction of sp³-hybridized carbons (Fsp3) is 0.389. The molecule has 0 atom stereocenters. The van der Waals surface area contributed by atoms with E-state index in [1.165, 1.54) is 16.7 Å². The van der Waals surface area contributed by atoms with Crippen LogP contribution in [0.5, 0.6) is 0 Å². The summed E-state index contributed by atoms with van der Waals surface area (Å²) in [6, 6.07) is 20.1. The van der Waals surface area contributed by atoms with Crippen LogP contribution in [0.2, 0.25) is 0 Å². The van der Waals surface area contributed by atoms with Crippen molar-refractivity contribution >= 4 is 23.7 Å². The second-order valence-corrected chi connectivity index (χ2v) is 11.4. The first-order valence-corrected chi connectivity index (χ1v) is 16.1. The van der Waals surface area contributed by atoms with E-state index in [1.807, 2.05) is 87.9 Å². The Labute approximate surface area is 269 Å². The summed E-state index contributed by atoms with van der Waals surface area (Å²) in [6.45, 7) is 17.4. The number of amides is 2. The minimum Gasteiger partial charge on any atom is -0.359 e. The first-order valence-electron chi connectivity index (χ1n) is 15.3. The van der Waals surface area contributed by atoms with Crippen molar-refractivity contribution in [2.75, 3.05) is 20.1 Å². The van der Waals surface area contributed by atoms with Gasteiger partial charge in [-0.1, -0.05) is 87.4 Å². The SMILES string of the molecule is CC.CC(C)c1cncc(CNCCCNC=O)c1.Cc1cccc(C(=O)N(C)Cc2nc(C)cs2)c1.Cc1ccccc1. The number of hydrogen-bond donors (Lipinski definition) is 2. The maximum Gasteiger partial charge on any atom is 0.253 e. The summed E-state index contributed by atoms with van der Waals surface area (Å²) in [5.74, 6) is 0.547. The van der Waals surface area contributed by atoms with E-state index in [0.717, 1.165) is 54.3 Å². The van der Waals surface area contributed by atoms with Crippen LogP contribution >= 0.6 is 11.3 Å². The van der Waals surface area contributed by atoms with E-state index >= 15 is 0 Å². The molecule has 0 aliphatic heterocycles. The topological polar surface area (TPSA) is 87.2 Å². The van der Waals surface area contributed by atoms with Gasteiger partial charge in [-0.15, -0.1) is 11.3 Å². The molecule has 4 aromatic rings. The summed E-state index contributed by atoms with van der Waals surface area (Å²) in [7, 11) is 1.81. The fourth-order valence-electron chi connectivity index (χ4n) is 3.81. The van der Waals surface area contributed by atoms with E-state index in [9.17, 15) is 9.59 Å². The molecule has 4 rings (SSSR count). The molecule has 2 heterocycles. The largest absolute Gasteiger partial charge is 0.359 e. The molecule has 0 spiro atoms. The third kappa shape index (κ3) is 16.1. The van der Waals surface area contributed by atoms with Crippen molar-refractivity contribution in [3.63, 3.8) is 0 Å². The highest BCUT2D eigenvalue weighted by Crippen LogP contribution is 2.14. The second kappa shape index (κ2) is 22.6. The monoisotopic (exact) mass is 617 g/mol. The Hall–Kier alpha value is -3.88. The molecule has 44 heavy (non-hydrogen) atoms. The summed E-state index contributed by atoms with van der Waals surface area (Å²) >= 11 is 1.59. The highest BCUT2D eigenvalue weighted by molar-refractivity contribution is 7.09. The molecule has 0 aliphatic rings. The number of aromatic nitrogens is 2. The number of nitrogens with one attached hydrogen (secondary N) is 2. The number of carbonyl (C=O) groups is 2. The number of aryl methyl sites for hydroxylation is 3. The molecule has 0 fully saturated rings.